The van der Waals surface area contributed by atoms with Gasteiger partial charge in [0, 0.05) is 25.0 Å². The van der Waals surface area contributed by atoms with E-state index in [1.807, 2.05) is 6.07 Å². The minimum Gasteiger partial charge on any atom is -0.352 e. The van der Waals surface area contributed by atoms with Crippen LogP contribution in [0, 0.1) is 17.8 Å². The standard InChI is InChI=1S/C15H18N2O/c18-15(17-14-12-7-16-8-13(12)14)11-6-10(11)9-4-2-1-3-5-9/h1-5,10-14,16H,6-8H2,(H,17,18). The van der Waals surface area contributed by atoms with E-state index in [1.54, 1.807) is 0 Å². The van der Waals surface area contributed by atoms with Gasteiger partial charge in [-0.1, -0.05) is 30.3 Å². The lowest BCUT2D eigenvalue weighted by Gasteiger charge is -2.07. The molecule has 1 aromatic rings. The summed E-state index contributed by atoms with van der Waals surface area (Å²) < 4.78 is 0. The zero-order valence-corrected chi connectivity index (χ0v) is 10.3. The molecule has 1 saturated heterocycles. The third-order valence-electron chi connectivity index (χ3n) is 4.76. The maximum absolute atomic E-state index is 12.1. The van der Waals surface area contributed by atoms with Crippen LogP contribution < -0.4 is 10.6 Å². The van der Waals surface area contributed by atoms with Crippen molar-refractivity contribution in [2.45, 2.75) is 18.4 Å². The first kappa shape index (κ1) is 10.6. The first-order valence-corrected chi connectivity index (χ1v) is 6.90. The fraction of sp³-hybridized carbons (Fsp3) is 0.533. The summed E-state index contributed by atoms with van der Waals surface area (Å²) in [5.41, 5.74) is 1.32. The lowest BCUT2D eigenvalue weighted by atomic mass is 10.1. The van der Waals surface area contributed by atoms with Crippen LogP contribution in [0.1, 0.15) is 17.9 Å². The number of nitrogens with one attached hydrogen (secondary N) is 2. The van der Waals surface area contributed by atoms with Crippen molar-refractivity contribution in [2.24, 2.45) is 17.8 Å². The van der Waals surface area contributed by atoms with E-state index in [2.05, 4.69) is 34.9 Å². The second kappa shape index (κ2) is 3.82. The van der Waals surface area contributed by atoms with E-state index in [9.17, 15) is 4.79 Å². The number of piperidine rings is 1. The maximum atomic E-state index is 12.1. The Morgan fingerprint density at radius 2 is 1.89 bits per heavy atom. The number of carbonyl (C=O) groups is 1. The van der Waals surface area contributed by atoms with Crippen molar-refractivity contribution in [3.05, 3.63) is 35.9 Å². The van der Waals surface area contributed by atoms with Crippen LogP contribution in [0.25, 0.3) is 0 Å². The van der Waals surface area contributed by atoms with Crippen LogP contribution in [-0.4, -0.2) is 25.0 Å². The van der Waals surface area contributed by atoms with Gasteiger partial charge >= 0.3 is 0 Å². The van der Waals surface area contributed by atoms with Crippen molar-refractivity contribution in [3.8, 4) is 0 Å². The molecule has 94 valence electrons. The van der Waals surface area contributed by atoms with Crippen LogP contribution >= 0.6 is 0 Å². The molecule has 2 N–H and O–H groups in total. The van der Waals surface area contributed by atoms with Gasteiger partial charge in [0.2, 0.25) is 5.91 Å². The Balaban J connectivity index is 1.35. The predicted octanol–water partition coefficient (Wildman–Crippen LogP) is 1.12. The average Bonchev–Trinajstić information content (AvgIpc) is 3.27. The van der Waals surface area contributed by atoms with Crippen molar-refractivity contribution in [3.63, 3.8) is 0 Å². The van der Waals surface area contributed by atoms with E-state index in [0.29, 0.717) is 23.8 Å². The molecular formula is C15H18N2O. The fourth-order valence-corrected chi connectivity index (χ4v) is 3.46. The van der Waals surface area contributed by atoms with Gasteiger partial charge in [-0.05, 0) is 29.7 Å². The van der Waals surface area contributed by atoms with E-state index in [-0.39, 0.29) is 11.8 Å². The molecule has 0 aromatic heterocycles. The zero-order chi connectivity index (χ0) is 12.1. The molecule has 0 radical (unpaired) electrons. The van der Waals surface area contributed by atoms with E-state index >= 15 is 0 Å². The molecule has 0 bridgehead atoms. The summed E-state index contributed by atoms with van der Waals surface area (Å²) >= 11 is 0. The number of fused-ring (bicyclic) bond motifs is 1. The second-order valence-electron chi connectivity index (χ2n) is 5.88. The molecular weight excluding hydrogens is 224 g/mol. The summed E-state index contributed by atoms with van der Waals surface area (Å²) in [6.07, 6.45) is 1.02. The van der Waals surface area contributed by atoms with Gasteiger partial charge in [0.1, 0.15) is 0 Å². The van der Waals surface area contributed by atoms with Crippen LogP contribution in [0.15, 0.2) is 30.3 Å². The third-order valence-corrected chi connectivity index (χ3v) is 4.76. The van der Waals surface area contributed by atoms with E-state index in [1.165, 1.54) is 5.56 Å². The van der Waals surface area contributed by atoms with E-state index < -0.39 is 0 Å². The Morgan fingerprint density at radius 3 is 2.61 bits per heavy atom. The molecule has 1 aliphatic heterocycles. The van der Waals surface area contributed by atoms with E-state index in [4.69, 9.17) is 0 Å². The summed E-state index contributed by atoms with van der Waals surface area (Å²) in [7, 11) is 0. The molecule has 0 spiro atoms. The van der Waals surface area contributed by atoms with Crippen LogP contribution in [0.2, 0.25) is 0 Å². The molecule has 4 rings (SSSR count). The highest BCUT2D eigenvalue weighted by Gasteiger charge is 2.55. The first-order valence-electron chi connectivity index (χ1n) is 6.90. The summed E-state index contributed by atoms with van der Waals surface area (Å²) in [4.78, 5) is 12.1. The van der Waals surface area contributed by atoms with Gasteiger partial charge in [-0.25, -0.2) is 0 Å². The topological polar surface area (TPSA) is 41.1 Å². The normalized spacial score (nSPS) is 40.1. The van der Waals surface area contributed by atoms with Gasteiger partial charge in [-0.2, -0.15) is 0 Å². The molecule has 2 aliphatic carbocycles. The Bertz CT molecular complexity index is 463. The third kappa shape index (κ3) is 1.65. The lowest BCUT2D eigenvalue weighted by Crippen LogP contribution is -2.33. The predicted molar refractivity (Wildman–Crippen MR) is 69.1 cm³/mol. The molecule has 4 atom stereocenters. The quantitative estimate of drug-likeness (QED) is 0.834. The molecule has 3 aliphatic rings. The first-order chi connectivity index (χ1) is 8.84. The van der Waals surface area contributed by atoms with Crippen molar-refractivity contribution < 1.29 is 4.79 Å². The van der Waals surface area contributed by atoms with Crippen LogP contribution in [-0.2, 0) is 4.79 Å². The fourth-order valence-electron chi connectivity index (χ4n) is 3.46. The van der Waals surface area contributed by atoms with Gasteiger partial charge in [0.05, 0.1) is 0 Å². The van der Waals surface area contributed by atoms with Crippen molar-refractivity contribution >= 4 is 5.91 Å². The summed E-state index contributed by atoms with van der Waals surface area (Å²) in [6.45, 7) is 2.17. The summed E-state index contributed by atoms with van der Waals surface area (Å²) in [6, 6.07) is 10.9. The molecule has 18 heavy (non-hydrogen) atoms. The number of carbonyl (C=O) groups excluding carboxylic acids is 1. The Morgan fingerprint density at radius 1 is 1.17 bits per heavy atom. The Hall–Kier alpha value is -1.35. The number of hydrogen-bond acceptors (Lipinski definition) is 2. The van der Waals surface area contributed by atoms with E-state index in [0.717, 1.165) is 19.5 Å². The summed E-state index contributed by atoms with van der Waals surface area (Å²) in [5.74, 6) is 2.39. The molecule has 1 aromatic carbocycles. The van der Waals surface area contributed by atoms with Gasteiger partial charge in [-0.15, -0.1) is 0 Å². The molecule has 3 nitrogen and oxygen atoms in total. The molecule has 4 unspecified atom stereocenters. The largest absolute Gasteiger partial charge is 0.352 e. The highest BCUT2D eigenvalue weighted by Crippen LogP contribution is 2.49. The SMILES string of the molecule is O=C(NC1C2CNCC21)C1CC1c1ccccc1. The van der Waals surface area contributed by atoms with Crippen LogP contribution in [0.5, 0.6) is 0 Å². The van der Waals surface area contributed by atoms with Gasteiger partial charge in [-0.3, -0.25) is 4.79 Å². The average molecular weight is 242 g/mol. The maximum Gasteiger partial charge on any atom is 0.223 e. The Labute approximate surface area is 107 Å². The molecule has 3 heteroatoms. The van der Waals surface area contributed by atoms with Gasteiger partial charge in [0.25, 0.3) is 0 Å². The minimum absolute atomic E-state index is 0.224. The second-order valence-corrected chi connectivity index (χ2v) is 5.88. The molecule has 2 saturated carbocycles. The highest BCUT2D eigenvalue weighted by molar-refractivity contribution is 5.83. The Kier molecular flexibility index (Phi) is 2.24. The zero-order valence-electron chi connectivity index (χ0n) is 10.3. The smallest absolute Gasteiger partial charge is 0.223 e. The number of hydrogen-bond donors (Lipinski definition) is 2. The monoisotopic (exact) mass is 242 g/mol. The van der Waals surface area contributed by atoms with Gasteiger partial charge in [0.15, 0.2) is 0 Å². The van der Waals surface area contributed by atoms with Crippen LogP contribution in [0.4, 0.5) is 0 Å². The number of rotatable bonds is 3. The van der Waals surface area contributed by atoms with Crippen molar-refractivity contribution in [2.75, 3.05) is 13.1 Å². The van der Waals surface area contributed by atoms with Crippen LogP contribution in [0.3, 0.4) is 0 Å². The lowest BCUT2D eigenvalue weighted by molar-refractivity contribution is -0.122. The minimum atomic E-state index is 0.224. The van der Waals surface area contributed by atoms with Gasteiger partial charge < -0.3 is 10.6 Å². The number of benzene rings is 1. The highest BCUT2D eigenvalue weighted by atomic mass is 16.2. The molecule has 1 heterocycles. The molecule has 1 amide bonds. The molecule has 3 fully saturated rings. The van der Waals surface area contributed by atoms with Crippen molar-refractivity contribution in [1.29, 1.82) is 0 Å². The van der Waals surface area contributed by atoms with Crippen molar-refractivity contribution in [1.82, 2.24) is 10.6 Å². The number of amides is 1. The summed E-state index contributed by atoms with van der Waals surface area (Å²) in [5, 5.41) is 6.59.